The van der Waals surface area contributed by atoms with Crippen molar-refractivity contribution in [2.45, 2.75) is 39.5 Å². The molecule has 1 aromatic rings. The highest BCUT2D eigenvalue weighted by molar-refractivity contribution is 5.89. The average Bonchev–Trinajstić information content (AvgIpc) is 2.78. The molecule has 0 fully saturated rings. The van der Waals surface area contributed by atoms with E-state index in [1.807, 2.05) is 20.8 Å². The predicted molar refractivity (Wildman–Crippen MR) is 71.1 cm³/mol. The molecule has 20 heavy (non-hydrogen) atoms. The fourth-order valence-corrected chi connectivity index (χ4v) is 1.95. The minimum atomic E-state index is -0.531. The summed E-state index contributed by atoms with van der Waals surface area (Å²) in [6, 6.07) is 1.71. The molecule has 0 N–H and O–H groups in total. The number of ether oxygens (including phenoxy) is 2. The van der Waals surface area contributed by atoms with Crippen molar-refractivity contribution in [3.63, 3.8) is 0 Å². The maximum atomic E-state index is 12.0. The largest absolute Gasteiger partial charge is 0.465 e. The summed E-state index contributed by atoms with van der Waals surface area (Å²) in [5.74, 6) is -0.434. The Labute approximate surface area is 117 Å². The van der Waals surface area contributed by atoms with E-state index in [-0.39, 0.29) is 6.09 Å². The molecule has 0 aromatic carbocycles. The Morgan fingerprint density at radius 2 is 2.00 bits per heavy atom. The van der Waals surface area contributed by atoms with Crippen LogP contribution in [0.1, 0.15) is 42.4 Å². The third-order valence-electron chi connectivity index (χ3n) is 2.83. The highest BCUT2D eigenvalue weighted by atomic mass is 16.6. The molecule has 0 bridgehead atoms. The van der Waals surface area contributed by atoms with Crippen LogP contribution in [0.4, 0.5) is 4.79 Å². The van der Waals surface area contributed by atoms with Gasteiger partial charge in [0.25, 0.3) is 0 Å². The number of hydrogen-bond acceptors (Lipinski definition) is 5. The first-order valence-corrected chi connectivity index (χ1v) is 6.34. The van der Waals surface area contributed by atoms with Gasteiger partial charge in [-0.2, -0.15) is 0 Å². The van der Waals surface area contributed by atoms with Crippen molar-refractivity contribution >= 4 is 12.1 Å². The zero-order valence-corrected chi connectivity index (χ0v) is 12.1. The van der Waals surface area contributed by atoms with Crippen LogP contribution >= 0.6 is 0 Å². The molecule has 2 heterocycles. The van der Waals surface area contributed by atoms with Gasteiger partial charge in [0, 0.05) is 6.20 Å². The van der Waals surface area contributed by atoms with Crippen molar-refractivity contribution in [3.8, 4) is 0 Å². The molecule has 0 spiro atoms. The molecule has 6 nitrogen and oxygen atoms in total. The van der Waals surface area contributed by atoms with Crippen molar-refractivity contribution in [1.29, 1.82) is 0 Å². The van der Waals surface area contributed by atoms with Gasteiger partial charge in [-0.05, 0) is 32.4 Å². The quantitative estimate of drug-likeness (QED) is 0.736. The highest BCUT2D eigenvalue weighted by Crippen LogP contribution is 2.24. The highest BCUT2D eigenvalue weighted by Gasteiger charge is 2.29. The van der Waals surface area contributed by atoms with Gasteiger partial charge in [-0.15, -0.1) is 0 Å². The van der Waals surface area contributed by atoms with Crippen LogP contribution in [-0.2, 0) is 22.6 Å². The van der Waals surface area contributed by atoms with E-state index in [4.69, 9.17) is 4.74 Å². The van der Waals surface area contributed by atoms with E-state index in [2.05, 4.69) is 9.72 Å². The summed E-state index contributed by atoms with van der Waals surface area (Å²) in [7, 11) is 1.32. The number of carbonyl (C=O) groups excluding carboxylic acids is 2. The normalized spacial score (nSPS) is 13.9. The van der Waals surface area contributed by atoms with E-state index in [9.17, 15) is 9.59 Å². The van der Waals surface area contributed by atoms with Gasteiger partial charge in [0.15, 0.2) is 0 Å². The van der Waals surface area contributed by atoms with Gasteiger partial charge in [-0.3, -0.25) is 9.88 Å². The van der Waals surface area contributed by atoms with Gasteiger partial charge in [0.05, 0.1) is 31.5 Å². The molecule has 2 rings (SSSR count). The van der Waals surface area contributed by atoms with Crippen LogP contribution in [-0.4, -0.2) is 34.7 Å². The van der Waals surface area contributed by atoms with E-state index < -0.39 is 11.6 Å². The molecule has 0 unspecified atom stereocenters. The molecule has 1 aliphatic rings. The van der Waals surface area contributed by atoms with Gasteiger partial charge in [0.1, 0.15) is 5.60 Å². The molecule has 0 atom stereocenters. The van der Waals surface area contributed by atoms with Gasteiger partial charge in [-0.1, -0.05) is 0 Å². The molecule has 0 aliphatic carbocycles. The summed E-state index contributed by atoms with van der Waals surface area (Å²) in [6.07, 6.45) is 1.08. The Balaban J connectivity index is 2.11. The van der Waals surface area contributed by atoms with Crippen LogP contribution < -0.4 is 0 Å². The first-order chi connectivity index (χ1) is 9.30. The molecule has 0 saturated heterocycles. The summed E-state index contributed by atoms with van der Waals surface area (Å²) in [5.41, 5.74) is 1.48. The Hall–Kier alpha value is -2.11. The number of rotatable bonds is 1. The van der Waals surface area contributed by atoms with Crippen molar-refractivity contribution in [1.82, 2.24) is 9.88 Å². The number of fused-ring (bicyclic) bond motifs is 1. The molecule has 1 amide bonds. The summed E-state index contributed by atoms with van der Waals surface area (Å²) in [6.45, 7) is 6.25. The number of carbonyl (C=O) groups is 2. The molecule has 108 valence electrons. The summed E-state index contributed by atoms with van der Waals surface area (Å²) in [5, 5.41) is 0. The number of pyridine rings is 1. The van der Waals surface area contributed by atoms with Crippen LogP contribution in [0.25, 0.3) is 0 Å². The predicted octanol–water partition coefficient (Wildman–Crippen LogP) is 2.12. The second-order valence-electron chi connectivity index (χ2n) is 5.66. The molecule has 0 saturated carbocycles. The molecule has 1 aliphatic heterocycles. The fourth-order valence-electron chi connectivity index (χ4n) is 1.95. The van der Waals surface area contributed by atoms with Crippen LogP contribution in [0.5, 0.6) is 0 Å². The fraction of sp³-hybridized carbons (Fsp3) is 0.500. The van der Waals surface area contributed by atoms with Crippen molar-refractivity contribution in [2.24, 2.45) is 0 Å². The Kier molecular flexibility index (Phi) is 3.65. The molecule has 0 radical (unpaired) electrons. The number of amides is 1. The van der Waals surface area contributed by atoms with Crippen molar-refractivity contribution in [2.75, 3.05) is 7.11 Å². The van der Waals surface area contributed by atoms with E-state index in [1.54, 1.807) is 11.0 Å². The molecular weight excluding hydrogens is 260 g/mol. The Morgan fingerprint density at radius 1 is 1.30 bits per heavy atom. The number of hydrogen-bond donors (Lipinski definition) is 0. The lowest BCUT2D eigenvalue weighted by molar-refractivity contribution is 0.0240. The van der Waals surface area contributed by atoms with Gasteiger partial charge in [-0.25, -0.2) is 9.59 Å². The third-order valence-corrected chi connectivity index (χ3v) is 2.83. The minimum absolute atomic E-state index is 0.380. The summed E-state index contributed by atoms with van der Waals surface area (Å²) < 4.78 is 9.97. The zero-order chi connectivity index (χ0) is 14.9. The summed E-state index contributed by atoms with van der Waals surface area (Å²) >= 11 is 0. The SMILES string of the molecule is COC(=O)c1cnc2c(c1)CN(C(=O)OC(C)(C)C)C2. The molecule has 1 aromatic heterocycles. The van der Waals surface area contributed by atoms with Crippen LogP contribution in [0.2, 0.25) is 0 Å². The number of methoxy groups -OCH3 is 1. The lowest BCUT2D eigenvalue weighted by Gasteiger charge is -2.23. The maximum absolute atomic E-state index is 12.0. The van der Waals surface area contributed by atoms with Crippen molar-refractivity contribution < 1.29 is 19.1 Å². The smallest absolute Gasteiger partial charge is 0.410 e. The van der Waals surface area contributed by atoms with Gasteiger partial charge in [0.2, 0.25) is 0 Å². The number of nitrogens with zero attached hydrogens (tertiary/aromatic N) is 2. The van der Waals surface area contributed by atoms with Gasteiger partial charge < -0.3 is 9.47 Å². The number of aromatic nitrogens is 1. The zero-order valence-electron chi connectivity index (χ0n) is 12.1. The molecule has 6 heteroatoms. The Morgan fingerprint density at radius 3 is 2.60 bits per heavy atom. The third kappa shape index (κ3) is 3.07. The van der Waals surface area contributed by atoms with Crippen LogP contribution in [0.15, 0.2) is 12.3 Å². The van der Waals surface area contributed by atoms with E-state index >= 15 is 0 Å². The maximum Gasteiger partial charge on any atom is 0.410 e. The average molecular weight is 278 g/mol. The minimum Gasteiger partial charge on any atom is -0.465 e. The monoisotopic (exact) mass is 278 g/mol. The van der Waals surface area contributed by atoms with Crippen molar-refractivity contribution in [3.05, 3.63) is 29.1 Å². The second-order valence-corrected chi connectivity index (χ2v) is 5.66. The van der Waals surface area contributed by atoms with Crippen LogP contribution in [0, 0.1) is 0 Å². The standard InChI is InChI=1S/C14H18N2O4/c1-14(2,3)20-13(18)16-7-10-5-9(12(17)19-4)6-15-11(10)8-16/h5-6H,7-8H2,1-4H3. The number of esters is 1. The second kappa shape index (κ2) is 5.11. The van der Waals surface area contributed by atoms with E-state index in [1.165, 1.54) is 13.3 Å². The first kappa shape index (κ1) is 14.3. The summed E-state index contributed by atoms with van der Waals surface area (Å²) in [4.78, 5) is 29.2. The molecular formula is C14H18N2O4. The Bertz CT molecular complexity index is 549. The first-order valence-electron chi connectivity index (χ1n) is 6.34. The van der Waals surface area contributed by atoms with Crippen LogP contribution in [0.3, 0.4) is 0 Å². The lowest BCUT2D eigenvalue weighted by atomic mass is 10.2. The topological polar surface area (TPSA) is 68.7 Å². The van der Waals surface area contributed by atoms with E-state index in [0.29, 0.717) is 18.7 Å². The van der Waals surface area contributed by atoms with Gasteiger partial charge >= 0.3 is 12.1 Å². The lowest BCUT2D eigenvalue weighted by Crippen LogP contribution is -2.33. The van der Waals surface area contributed by atoms with E-state index in [0.717, 1.165) is 11.3 Å².